The smallest absolute Gasteiger partial charge is 0.123 e. The third-order valence-corrected chi connectivity index (χ3v) is 3.06. The van der Waals surface area contributed by atoms with E-state index >= 15 is 0 Å². The molecular weight excluding hydrogens is 231 g/mol. The summed E-state index contributed by atoms with van der Waals surface area (Å²) in [6.07, 6.45) is 0. The minimum Gasteiger partial charge on any atom is -0.497 e. The first kappa shape index (κ1) is 12.6. The Morgan fingerprint density at radius 1 is 0.944 bits per heavy atom. The number of hydrogen-bond donors (Lipinski definition) is 1. The molecule has 0 radical (unpaired) electrons. The molecule has 18 heavy (non-hydrogen) atoms. The Morgan fingerprint density at radius 3 is 1.83 bits per heavy atom. The van der Waals surface area contributed by atoms with Crippen LogP contribution in [0.3, 0.4) is 0 Å². The second-order valence-corrected chi connectivity index (χ2v) is 4.31. The van der Waals surface area contributed by atoms with Gasteiger partial charge < -0.3 is 9.84 Å². The molecule has 2 aromatic rings. The summed E-state index contributed by atoms with van der Waals surface area (Å²) >= 11 is 0. The van der Waals surface area contributed by atoms with E-state index in [1.165, 1.54) is 12.1 Å². The van der Waals surface area contributed by atoms with E-state index in [1.54, 1.807) is 50.4 Å². The van der Waals surface area contributed by atoms with Gasteiger partial charge in [0.2, 0.25) is 0 Å². The Morgan fingerprint density at radius 2 is 1.39 bits per heavy atom. The van der Waals surface area contributed by atoms with Crippen LogP contribution in [0.4, 0.5) is 4.39 Å². The highest BCUT2D eigenvalue weighted by Gasteiger charge is 2.25. The van der Waals surface area contributed by atoms with E-state index in [0.29, 0.717) is 5.56 Å². The predicted molar refractivity (Wildman–Crippen MR) is 68.1 cm³/mol. The maximum Gasteiger partial charge on any atom is 0.123 e. The lowest BCUT2D eigenvalue weighted by atomic mass is 9.88. The number of benzene rings is 2. The number of rotatable bonds is 3. The number of ether oxygens (including phenoxy) is 1. The van der Waals surface area contributed by atoms with Crippen LogP contribution in [0.2, 0.25) is 0 Å². The van der Waals surface area contributed by atoms with Crippen LogP contribution in [-0.4, -0.2) is 12.2 Å². The lowest BCUT2D eigenvalue weighted by Gasteiger charge is -2.24. The number of aliphatic hydroxyl groups is 1. The fraction of sp³-hybridized carbons (Fsp3) is 0.200. The molecule has 94 valence electrons. The summed E-state index contributed by atoms with van der Waals surface area (Å²) in [7, 11) is 1.59. The van der Waals surface area contributed by atoms with Gasteiger partial charge in [-0.05, 0) is 42.3 Å². The van der Waals surface area contributed by atoms with Crippen molar-refractivity contribution in [2.24, 2.45) is 0 Å². The summed E-state index contributed by atoms with van der Waals surface area (Å²) in [5.41, 5.74) is 0.226. The van der Waals surface area contributed by atoms with Crippen molar-refractivity contribution in [2.75, 3.05) is 7.11 Å². The molecule has 0 aliphatic carbocycles. The molecule has 0 saturated carbocycles. The molecule has 2 nitrogen and oxygen atoms in total. The van der Waals surface area contributed by atoms with E-state index in [0.717, 1.165) is 11.3 Å². The molecule has 2 rings (SSSR count). The third-order valence-electron chi connectivity index (χ3n) is 3.06. The van der Waals surface area contributed by atoms with Crippen LogP contribution < -0.4 is 4.74 Å². The van der Waals surface area contributed by atoms with Gasteiger partial charge in [-0.3, -0.25) is 0 Å². The van der Waals surface area contributed by atoms with Crippen LogP contribution in [-0.2, 0) is 5.60 Å². The van der Waals surface area contributed by atoms with Crippen molar-refractivity contribution in [2.45, 2.75) is 12.5 Å². The topological polar surface area (TPSA) is 29.5 Å². The van der Waals surface area contributed by atoms with Crippen molar-refractivity contribution in [3.63, 3.8) is 0 Å². The van der Waals surface area contributed by atoms with E-state index in [4.69, 9.17) is 4.74 Å². The molecule has 0 bridgehead atoms. The van der Waals surface area contributed by atoms with Gasteiger partial charge in [-0.25, -0.2) is 4.39 Å². The van der Waals surface area contributed by atoms with Gasteiger partial charge in [-0.2, -0.15) is 0 Å². The number of methoxy groups -OCH3 is 1. The highest BCUT2D eigenvalue weighted by Crippen LogP contribution is 2.30. The van der Waals surface area contributed by atoms with Gasteiger partial charge in [0.25, 0.3) is 0 Å². The maximum atomic E-state index is 12.9. The van der Waals surface area contributed by atoms with Crippen molar-refractivity contribution < 1.29 is 14.2 Å². The summed E-state index contributed by atoms with van der Waals surface area (Å²) in [6, 6.07) is 13.0. The molecule has 0 amide bonds. The minimum absolute atomic E-state index is 0.315. The van der Waals surface area contributed by atoms with Crippen LogP contribution in [0.1, 0.15) is 18.1 Å². The summed E-state index contributed by atoms with van der Waals surface area (Å²) in [6.45, 7) is 1.68. The third kappa shape index (κ3) is 2.36. The van der Waals surface area contributed by atoms with Crippen LogP contribution in [0, 0.1) is 5.82 Å². The molecule has 0 aromatic heterocycles. The second kappa shape index (κ2) is 4.78. The van der Waals surface area contributed by atoms with E-state index in [1.807, 2.05) is 0 Å². The van der Waals surface area contributed by atoms with Gasteiger partial charge in [0.1, 0.15) is 17.2 Å². The average Bonchev–Trinajstić information content (AvgIpc) is 2.39. The largest absolute Gasteiger partial charge is 0.497 e. The zero-order valence-electron chi connectivity index (χ0n) is 10.4. The molecule has 0 aliphatic rings. The van der Waals surface area contributed by atoms with Gasteiger partial charge >= 0.3 is 0 Å². The standard InChI is InChI=1S/C15H15FO2/c1-15(17,11-3-7-13(16)8-4-11)12-5-9-14(18-2)10-6-12/h3-10,17H,1-2H3. The van der Waals surface area contributed by atoms with Gasteiger partial charge in [0.05, 0.1) is 7.11 Å². The van der Waals surface area contributed by atoms with Crippen molar-refractivity contribution in [1.82, 2.24) is 0 Å². The Labute approximate surface area is 106 Å². The average molecular weight is 246 g/mol. The lowest BCUT2D eigenvalue weighted by Crippen LogP contribution is -2.22. The molecule has 0 heterocycles. The summed E-state index contributed by atoms with van der Waals surface area (Å²) in [5, 5.41) is 10.5. The Kier molecular flexibility index (Phi) is 3.34. The molecule has 0 fully saturated rings. The first-order valence-electron chi connectivity index (χ1n) is 5.67. The normalized spacial score (nSPS) is 14.0. The minimum atomic E-state index is -1.15. The van der Waals surface area contributed by atoms with E-state index in [-0.39, 0.29) is 5.82 Å². The second-order valence-electron chi connectivity index (χ2n) is 4.31. The van der Waals surface area contributed by atoms with Crippen molar-refractivity contribution in [3.05, 3.63) is 65.5 Å². The van der Waals surface area contributed by atoms with Gasteiger partial charge in [0, 0.05) is 0 Å². The van der Waals surface area contributed by atoms with Gasteiger partial charge in [-0.1, -0.05) is 24.3 Å². The van der Waals surface area contributed by atoms with E-state index in [2.05, 4.69) is 0 Å². The van der Waals surface area contributed by atoms with Crippen LogP contribution in [0.25, 0.3) is 0 Å². The number of hydrogen-bond acceptors (Lipinski definition) is 2. The summed E-state index contributed by atoms with van der Waals surface area (Å²) in [4.78, 5) is 0. The van der Waals surface area contributed by atoms with Crippen LogP contribution in [0.5, 0.6) is 5.75 Å². The van der Waals surface area contributed by atoms with Gasteiger partial charge in [0.15, 0.2) is 0 Å². The molecular formula is C15H15FO2. The van der Waals surface area contributed by atoms with Crippen LogP contribution >= 0.6 is 0 Å². The van der Waals surface area contributed by atoms with Crippen molar-refractivity contribution in [3.8, 4) is 5.75 Å². The van der Waals surface area contributed by atoms with Crippen LogP contribution in [0.15, 0.2) is 48.5 Å². The first-order chi connectivity index (χ1) is 8.54. The lowest BCUT2D eigenvalue weighted by molar-refractivity contribution is 0.102. The molecule has 1 unspecified atom stereocenters. The molecule has 2 aromatic carbocycles. The molecule has 1 atom stereocenters. The fourth-order valence-corrected chi connectivity index (χ4v) is 1.86. The predicted octanol–water partition coefficient (Wildman–Crippen LogP) is 3.09. The zero-order valence-corrected chi connectivity index (χ0v) is 10.4. The Hall–Kier alpha value is -1.87. The molecule has 0 aliphatic heterocycles. The summed E-state index contributed by atoms with van der Waals surface area (Å²) < 4.78 is 17.9. The Bertz CT molecular complexity index is 515. The molecule has 3 heteroatoms. The monoisotopic (exact) mass is 246 g/mol. The summed E-state index contributed by atoms with van der Waals surface area (Å²) in [5.74, 6) is 0.415. The first-order valence-corrected chi connectivity index (χ1v) is 5.67. The van der Waals surface area contributed by atoms with E-state index in [9.17, 15) is 9.50 Å². The highest BCUT2D eigenvalue weighted by molar-refractivity contribution is 5.38. The maximum absolute atomic E-state index is 12.9. The number of halogens is 1. The Balaban J connectivity index is 2.37. The zero-order chi connectivity index (χ0) is 13.2. The van der Waals surface area contributed by atoms with Crippen molar-refractivity contribution >= 4 is 0 Å². The molecule has 0 saturated heterocycles. The SMILES string of the molecule is COc1ccc(C(C)(O)c2ccc(F)cc2)cc1. The van der Waals surface area contributed by atoms with Crippen molar-refractivity contribution in [1.29, 1.82) is 0 Å². The van der Waals surface area contributed by atoms with E-state index < -0.39 is 5.60 Å². The highest BCUT2D eigenvalue weighted by atomic mass is 19.1. The molecule has 1 N–H and O–H groups in total. The molecule has 0 spiro atoms. The quantitative estimate of drug-likeness (QED) is 0.901. The fourth-order valence-electron chi connectivity index (χ4n) is 1.86. The van der Waals surface area contributed by atoms with Gasteiger partial charge in [-0.15, -0.1) is 0 Å².